The lowest BCUT2D eigenvalue weighted by atomic mass is 9.83. The molecule has 3 heterocycles. The number of carbonyl (C=O) groups excluding carboxylic acids is 3. The molecule has 2 aromatic rings. The Morgan fingerprint density at radius 2 is 1.80 bits per heavy atom. The molecule has 4 aliphatic rings. The number of rotatable bonds is 5. The van der Waals surface area contributed by atoms with E-state index >= 15 is 0 Å². The number of nitrogens with zero attached hydrogens (tertiary/aromatic N) is 2. The van der Waals surface area contributed by atoms with Crippen LogP contribution in [0.5, 0.6) is 0 Å². The molecule has 9 heteroatoms. The summed E-state index contributed by atoms with van der Waals surface area (Å²) in [6.45, 7) is 6.52. The number of hydrogen-bond acceptors (Lipinski definition) is 4. The third-order valence-electron chi connectivity index (χ3n) is 9.25. The van der Waals surface area contributed by atoms with Gasteiger partial charge in [-0.15, -0.1) is 0 Å². The molecule has 6 rings (SSSR count). The van der Waals surface area contributed by atoms with E-state index < -0.39 is 17.7 Å². The molecule has 0 radical (unpaired) electrons. The van der Waals surface area contributed by atoms with Crippen LogP contribution >= 0.6 is 0 Å². The zero-order valence-corrected chi connectivity index (χ0v) is 23.7. The molecule has 2 aliphatic heterocycles. The minimum Gasteiger partial charge on any atom is -0.444 e. The fourth-order valence-corrected chi connectivity index (χ4v) is 7.33. The number of fused-ring (bicyclic) bond motifs is 2. The molecule has 4 atom stereocenters. The van der Waals surface area contributed by atoms with Gasteiger partial charge in [0.2, 0.25) is 11.8 Å². The number of aromatic amines is 1. The number of H-pyrrole nitrogens is 1. The summed E-state index contributed by atoms with van der Waals surface area (Å²) in [6.07, 6.45) is 8.89. The van der Waals surface area contributed by atoms with Crippen molar-refractivity contribution in [1.82, 2.24) is 20.1 Å². The Morgan fingerprint density at radius 1 is 1.05 bits per heavy atom. The Morgan fingerprint density at radius 3 is 2.50 bits per heavy atom. The molecule has 1 aromatic carbocycles. The number of hydrogen-bond donors (Lipinski definition) is 2. The van der Waals surface area contributed by atoms with E-state index in [1.165, 1.54) is 12.1 Å². The lowest BCUT2D eigenvalue weighted by Gasteiger charge is -2.36. The van der Waals surface area contributed by atoms with Crippen molar-refractivity contribution in [1.29, 1.82) is 0 Å². The predicted octanol–water partition coefficient (Wildman–Crippen LogP) is 5.09. The van der Waals surface area contributed by atoms with E-state index in [4.69, 9.17) is 4.74 Å². The molecule has 1 aromatic heterocycles. The SMILES string of the molecule is CC(C)(C)OC(=O)N[C@H](C(=O)N1CC[C@@H]2[C@H]1[C@@H](c1c[nH]c3cc(F)ccc13)CN2C(=O)C1CC1)C1CCCCC1. The number of ether oxygens (including phenoxy) is 1. The largest absolute Gasteiger partial charge is 0.444 e. The molecular weight excluding hydrogens is 511 g/mol. The molecule has 8 nitrogen and oxygen atoms in total. The molecule has 0 bridgehead atoms. The summed E-state index contributed by atoms with van der Waals surface area (Å²) < 4.78 is 19.5. The van der Waals surface area contributed by atoms with Gasteiger partial charge in [-0.1, -0.05) is 19.3 Å². The Balaban J connectivity index is 1.33. The van der Waals surface area contributed by atoms with Crippen LogP contribution in [-0.2, 0) is 14.3 Å². The van der Waals surface area contributed by atoms with Gasteiger partial charge in [0.25, 0.3) is 0 Å². The third kappa shape index (κ3) is 5.19. The monoisotopic (exact) mass is 552 g/mol. The first kappa shape index (κ1) is 27.1. The minimum absolute atomic E-state index is 0.0490. The zero-order chi connectivity index (χ0) is 28.2. The van der Waals surface area contributed by atoms with Gasteiger partial charge in [-0.2, -0.15) is 0 Å². The quantitative estimate of drug-likeness (QED) is 0.541. The summed E-state index contributed by atoms with van der Waals surface area (Å²) in [5.41, 5.74) is 1.05. The molecule has 2 saturated carbocycles. The molecule has 0 unspecified atom stereocenters. The van der Waals surface area contributed by atoms with Crippen LogP contribution in [0.25, 0.3) is 10.9 Å². The first-order valence-electron chi connectivity index (χ1n) is 15.0. The van der Waals surface area contributed by atoms with Crippen molar-refractivity contribution >= 4 is 28.8 Å². The van der Waals surface area contributed by atoms with Gasteiger partial charge >= 0.3 is 6.09 Å². The second-order valence-corrected chi connectivity index (χ2v) is 13.2. The number of amides is 3. The normalized spacial score (nSPS) is 26.1. The standard InChI is InChI=1S/C31H41FN4O4/c1-31(2,3)40-30(39)34-26(18-7-5-4-6-8-18)29(38)35-14-13-25-27(35)23(17-36(25)28(37)19-9-10-19)22-16-33-24-15-20(32)11-12-21(22)24/h11-12,15-16,18-19,23,25-27,33H,4-10,13-14,17H2,1-3H3,(H,34,39)/t23-,25-,26+,27-/m1/s1. The summed E-state index contributed by atoms with van der Waals surface area (Å²) >= 11 is 0. The third-order valence-corrected chi connectivity index (χ3v) is 9.25. The van der Waals surface area contributed by atoms with Crippen LogP contribution in [0.15, 0.2) is 24.4 Å². The average molecular weight is 553 g/mol. The number of halogens is 1. The van der Waals surface area contributed by atoms with Crippen LogP contribution in [0, 0.1) is 17.7 Å². The molecule has 40 heavy (non-hydrogen) atoms. The molecule has 2 N–H and O–H groups in total. The maximum atomic E-state index is 14.4. The van der Waals surface area contributed by atoms with Gasteiger partial charge in [0.05, 0.1) is 12.1 Å². The lowest BCUT2D eigenvalue weighted by Crippen LogP contribution is -2.55. The first-order valence-corrected chi connectivity index (χ1v) is 15.0. The Bertz CT molecular complexity index is 1290. The van der Waals surface area contributed by atoms with E-state index in [0.717, 1.165) is 55.9 Å². The second-order valence-electron chi connectivity index (χ2n) is 13.2. The number of likely N-dealkylation sites (tertiary alicyclic amines) is 2. The summed E-state index contributed by atoms with van der Waals surface area (Å²) in [6, 6.07) is 3.79. The Labute approximate surface area is 235 Å². The van der Waals surface area contributed by atoms with E-state index in [0.29, 0.717) is 25.0 Å². The number of alkyl carbamates (subject to hydrolysis) is 1. The van der Waals surface area contributed by atoms with Gasteiger partial charge in [-0.3, -0.25) is 9.59 Å². The fourth-order valence-electron chi connectivity index (χ4n) is 7.33. The van der Waals surface area contributed by atoms with Crippen molar-refractivity contribution in [2.24, 2.45) is 11.8 Å². The highest BCUT2D eigenvalue weighted by Crippen LogP contribution is 2.46. The highest BCUT2D eigenvalue weighted by Gasteiger charge is 2.55. The van der Waals surface area contributed by atoms with E-state index in [1.807, 2.05) is 36.8 Å². The topological polar surface area (TPSA) is 94.7 Å². The van der Waals surface area contributed by atoms with Crippen molar-refractivity contribution in [3.8, 4) is 0 Å². The number of carbonyl (C=O) groups is 3. The average Bonchev–Trinajstić information content (AvgIpc) is 3.38. The van der Waals surface area contributed by atoms with Gasteiger partial charge in [0.1, 0.15) is 17.5 Å². The van der Waals surface area contributed by atoms with E-state index in [9.17, 15) is 18.8 Å². The summed E-state index contributed by atoms with van der Waals surface area (Å²) in [5.74, 6) is -0.169. The van der Waals surface area contributed by atoms with Crippen molar-refractivity contribution in [2.75, 3.05) is 13.1 Å². The first-order chi connectivity index (χ1) is 19.1. The number of benzene rings is 1. The number of nitrogens with one attached hydrogen (secondary N) is 2. The van der Waals surface area contributed by atoms with Crippen LogP contribution in [0.3, 0.4) is 0 Å². The van der Waals surface area contributed by atoms with Crippen molar-refractivity contribution in [2.45, 2.75) is 102 Å². The zero-order valence-electron chi connectivity index (χ0n) is 23.7. The van der Waals surface area contributed by atoms with E-state index in [-0.39, 0.29) is 47.5 Å². The molecule has 0 spiro atoms. The van der Waals surface area contributed by atoms with E-state index in [1.54, 1.807) is 6.07 Å². The molecule has 3 amide bonds. The molecular formula is C31H41FN4O4. The fraction of sp³-hybridized carbons (Fsp3) is 0.645. The molecule has 2 aliphatic carbocycles. The van der Waals surface area contributed by atoms with Crippen molar-refractivity contribution in [3.63, 3.8) is 0 Å². The maximum absolute atomic E-state index is 14.4. The second kappa shape index (κ2) is 10.4. The highest BCUT2D eigenvalue weighted by atomic mass is 19.1. The van der Waals surface area contributed by atoms with Crippen LogP contribution < -0.4 is 5.32 Å². The summed E-state index contributed by atoms with van der Waals surface area (Å²) in [4.78, 5) is 47.9. The van der Waals surface area contributed by atoms with Crippen LogP contribution in [0.2, 0.25) is 0 Å². The maximum Gasteiger partial charge on any atom is 0.408 e. The van der Waals surface area contributed by atoms with Crippen molar-refractivity contribution < 1.29 is 23.5 Å². The minimum atomic E-state index is -0.669. The van der Waals surface area contributed by atoms with E-state index in [2.05, 4.69) is 10.3 Å². The molecule has 2 saturated heterocycles. The number of aromatic nitrogens is 1. The molecule has 216 valence electrons. The van der Waals surface area contributed by atoms with Gasteiger partial charge in [-0.25, -0.2) is 9.18 Å². The smallest absolute Gasteiger partial charge is 0.408 e. The summed E-state index contributed by atoms with van der Waals surface area (Å²) in [5, 5.41) is 3.88. The Kier molecular flexibility index (Phi) is 7.03. The lowest BCUT2D eigenvalue weighted by molar-refractivity contribution is -0.137. The van der Waals surface area contributed by atoms with Crippen molar-refractivity contribution in [3.05, 3.63) is 35.8 Å². The molecule has 4 fully saturated rings. The predicted molar refractivity (Wildman–Crippen MR) is 149 cm³/mol. The summed E-state index contributed by atoms with van der Waals surface area (Å²) in [7, 11) is 0. The van der Waals surface area contributed by atoms with Crippen LogP contribution in [0.1, 0.15) is 83.6 Å². The van der Waals surface area contributed by atoms with Gasteiger partial charge < -0.3 is 24.8 Å². The van der Waals surface area contributed by atoms with Gasteiger partial charge in [0, 0.05) is 42.0 Å². The van der Waals surface area contributed by atoms with Gasteiger partial charge in [-0.05, 0) is 82.6 Å². The Hall–Kier alpha value is -3.10. The van der Waals surface area contributed by atoms with Crippen LogP contribution in [0.4, 0.5) is 9.18 Å². The highest BCUT2D eigenvalue weighted by molar-refractivity contribution is 5.89. The van der Waals surface area contributed by atoms with Crippen LogP contribution in [-0.4, -0.2) is 69.5 Å². The van der Waals surface area contributed by atoms with Gasteiger partial charge in [0.15, 0.2) is 0 Å².